The van der Waals surface area contributed by atoms with Crippen LogP contribution in [0, 0.1) is 22.7 Å². The molecule has 1 aromatic carbocycles. The van der Waals surface area contributed by atoms with Crippen molar-refractivity contribution < 1.29 is 4.79 Å². The number of nitrogens with one attached hydrogen (secondary N) is 1. The van der Waals surface area contributed by atoms with E-state index in [0.29, 0.717) is 15.7 Å². The van der Waals surface area contributed by atoms with E-state index >= 15 is 0 Å². The predicted molar refractivity (Wildman–Crippen MR) is 98.5 cm³/mol. The first-order valence-electron chi connectivity index (χ1n) is 6.89. The van der Waals surface area contributed by atoms with Gasteiger partial charge in [-0.05, 0) is 31.2 Å². The van der Waals surface area contributed by atoms with Crippen LogP contribution in [0.4, 0.5) is 11.5 Å². The molecule has 3 N–H and O–H groups in total. The van der Waals surface area contributed by atoms with Gasteiger partial charge in [-0.25, -0.2) is 4.98 Å². The van der Waals surface area contributed by atoms with Crippen LogP contribution in [0.5, 0.6) is 0 Å². The van der Waals surface area contributed by atoms with Gasteiger partial charge in [0, 0.05) is 5.02 Å². The zero-order valence-electron chi connectivity index (χ0n) is 12.9. The van der Waals surface area contributed by atoms with Crippen molar-refractivity contribution in [3.8, 4) is 12.1 Å². The van der Waals surface area contributed by atoms with Crippen molar-refractivity contribution in [2.24, 2.45) is 0 Å². The molecule has 2 aromatic rings. The largest absolute Gasteiger partial charge is 0.383 e. The molecular weight excluding hydrogens is 381 g/mol. The van der Waals surface area contributed by atoms with Crippen molar-refractivity contribution in [2.45, 2.75) is 17.2 Å². The number of carbonyl (C=O) groups is 1. The molecular formula is C16H11Cl2N5OS. The molecule has 0 aliphatic carbocycles. The van der Waals surface area contributed by atoms with Crippen LogP contribution in [0.1, 0.15) is 18.1 Å². The minimum atomic E-state index is -0.595. The molecule has 0 aliphatic rings. The van der Waals surface area contributed by atoms with Crippen molar-refractivity contribution in [1.82, 2.24) is 4.98 Å². The molecule has 2 rings (SSSR count). The molecule has 25 heavy (non-hydrogen) atoms. The molecule has 0 bridgehead atoms. The van der Waals surface area contributed by atoms with Crippen LogP contribution in [0.25, 0.3) is 0 Å². The molecule has 0 saturated carbocycles. The molecule has 9 heteroatoms. The highest BCUT2D eigenvalue weighted by Crippen LogP contribution is 2.30. The summed E-state index contributed by atoms with van der Waals surface area (Å²) in [5.74, 6) is -0.336. The fourth-order valence-electron chi connectivity index (χ4n) is 1.82. The lowest BCUT2D eigenvalue weighted by molar-refractivity contribution is -0.115. The Kier molecular flexibility index (Phi) is 6.11. The maximum absolute atomic E-state index is 12.4. The van der Waals surface area contributed by atoms with Gasteiger partial charge in [0.15, 0.2) is 0 Å². The standard InChI is InChI=1S/C16H11Cl2N5OS/c1-8(15(24)22-13-5-11(17)2-3-12(13)18)25-16-10(7-20)4-9(6-19)14(21)23-16/h2-5,8H,1H3,(H2,21,23)(H,22,24)/t8-/m0/s1. The number of hydrogen-bond donors (Lipinski definition) is 2. The number of anilines is 2. The van der Waals surface area contributed by atoms with E-state index in [1.165, 1.54) is 12.1 Å². The Balaban J connectivity index is 2.19. The van der Waals surface area contributed by atoms with Gasteiger partial charge in [0.25, 0.3) is 0 Å². The van der Waals surface area contributed by atoms with E-state index in [1.807, 2.05) is 12.1 Å². The predicted octanol–water partition coefficient (Wildman–Crippen LogP) is 3.83. The van der Waals surface area contributed by atoms with Gasteiger partial charge in [0.2, 0.25) is 5.91 Å². The van der Waals surface area contributed by atoms with Gasteiger partial charge < -0.3 is 11.1 Å². The summed E-state index contributed by atoms with van der Waals surface area (Å²) in [5.41, 5.74) is 6.36. The number of amides is 1. The second-order valence-corrected chi connectivity index (χ2v) is 7.04. The number of nitrogens with two attached hydrogens (primary N) is 1. The van der Waals surface area contributed by atoms with E-state index < -0.39 is 5.25 Å². The van der Waals surface area contributed by atoms with Crippen molar-refractivity contribution in [3.05, 3.63) is 45.4 Å². The highest BCUT2D eigenvalue weighted by atomic mass is 35.5. The monoisotopic (exact) mass is 391 g/mol. The van der Waals surface area contributed by atoms with E-state index in [2.05, 4.69) is 10.3 Å². The fraction of sp³-hybridized carbons (Fsp3) is 0.125. The number of rotatable bonds is 4. The van der Waals surface area contributed by atoms with E-state index in [9.17, 15) is 10.1 Å². The maximum atomic E-state index is 12.4. The highest BCUT2D eigenvalue weighted by molar-refractivity contribution is 8.00. The van der Waals surface area contributed by atoms with Crippen LogP contribution < -0.4 is 11.1 Å². The number of carbonyl (C=O) groups excluding carboxylic acids is 1. The van der Waals surface area contributed by atoms with Gasteiger partial charge in [0.1, 0.15) is 23.0 Å². The quantitative estimate of drug-likeness (QED) is 0.764. The Bertz CT molecular complexity index is 920. The number of halogens is 2. The highest BCUT2D eigenvalue weighted by Gasteiger charge is 2.20. The molecule has 1 atom stereocenters. The second kappa shape index (κ2) is 8.09. The molecule has 0 aliphatic heterocycles. The summed E-state index contributed by atoms with van der Waals surface area (Å²) in [5, 5.41) is 21.3. The normalized spacial score (nSPS) is 11.2. The average molecular weight is 392 g/mol. The van der Waals surface area contributed by atoms with Crippen LogP contribution in [-0.4, -0.2) is 16.1 Å². The Hall–Kier alpha value is -2.45. The van der Waals surface area contributed by atoms with Crippen LogP contribution in [0.3, 0.4) is 0 Å². The number of thioether (sulfide) groups is 1. The first-order chi connectivity index (χ1) is 11.8. The molecule has 6 nitrogen and oxygen atoms in total. The zero-order chi connectivity index (χ0) is 18.6. The summed E-state index contributed by atoms with van der Waals surface area (Å²) in [6.07, 6.45) is 0. The smallest absolute Gasteiger partial charge is 0.237 e. The maximum Gasteiger partial charge on any atom is 0.237 e. The number of nitrogens with zero attached hydrogens (tertiary/aromatic N) is 3. The first-order valence-corrected chi connectivity index (χ1v) is 8.52. The first kappa shape index (κ1) is 18.9. The number of nitrogen functional groups attached to an aromatic ring is 1. The SMILES string of the molecule is C[C@H](Sc1nc(N)c(C#N)cc1C#N)C(=O)Nc1cc(Cl)ccc1Cl. The molecule has 0 radical (unpaired) electrons. The molecule has 1 amide bonds. The minimum absolute atomic E-state index is 0.00879. The molecule has 1 heterocycles. The molecule has 126 valence electrons. The third kappa shape index (κ3) is 4.55. The third-order valence-electron chi connectivity index (χ3n) is 3.10. The van der Waals surface area contributed by atoms with Gasteiger partial charge in [-0.1, -0.05) is 35.0 Å². The van der Waals surface area contributed by atoms with Gasteiger partial charge >= 0.3 is 0 Å². The lowest BCUT2D eigenvalue weighted by atomic mass is 10.2. The summed E-state index contributed by atoms with van der Waals surface area (Å²) in [6.45, 7) is 1.65. The molecule has 0 saturated heterocycles. The Labute approximate surface area is 158 Å². The van der Waals surface area contributed by atoms with Crippen LogP contribution in [0.2, 0.25) is 10.0 Å². The summed E-state index contributed by atoms with van der Waals surface area (Å²) >= 11 is 13.0. The fourth-order valence-corrected chi connectivity index (χ4v) is 3.04. The van der Waals surface area contributed by atoms with Crippen LogP contribution in [0.15, 0.2) is 29.3 Å². The Morgan fingerprint density at radius 2 is 1.96 bits per heavy atom. The van der Waals surface area contributed by atoms with E-state index in [0.717, 1.165) is 11.8 Å². The topological polar surface area (TPSA) is 116 Å². The zero-order valence-corrected chi connectivity index (χ0v) is 15.2. The molecule has 1 aromatic heterocycles. The molecule has 0 unspecified atom stereocenters. The van der Waals surface area contributed by atoms with Crippen molar-refractivity contribution in [2.75, 3.05) is 11.1 Å². The number of benzene rings is 1. The summed E-state index contributed by atoms with van der Waals surface area (Å²) in [6, 6.07) is 9.89. The van der Waals surface area contributed by atoms with E-state index in [4.69, 9.17) is 34.2 Å². The van der Waals surface area contributed by atoms with Crippen molar-refractivity contribution in [1.29, 1.82) is 10.5 Å². The van der Waals surface area contributed by atoms with Gasteiger partial charge in [-0.2, -0.15) is 10.5 Å². The number of nitriles is 2. The van der Waals surface area contributed by atoms with Gasteiger partial charge in [-0.3, -0.25) is 4.79 Å². The van der Waals surface area contributed by atoms with Crippen molar-refractivity contribution >= 4 is 52.4 Å². The minimum Gasteiger partial charge on any atom is -0.383 e. The van der Waals surface area contributed by atoms with E-state index in [1.54, 1.807) is 19.1 Å². The van der Waals surface area contributed by atoms with Gasteiger partial charge in [0.05, 0.1) is 27.1 Å². The third-order valence-corrected chi connectivity index (χ3v) is 4.77. The molecule has 0 spiro atoms. The summed E-state index contributed by atoms with van der Waals surface area (Å²) in [4.78, 5) is 16.4. The van der Waals surface area contributed by atoms with Gasteiger partial charge in [-0.15, -0.1) is 0 Å². The number of hydrogen-bond acceptors (Lipinski definition) is 6. The lowest BCUT2D eigenvalue weighted by Gasteiger charge is -2.14. The summed E-state index contributed by atoms with van der Waals surface area (Å²) in [7, 11) is 0. The van der Waals surface area contributed by atoms with Crippen LogP contribution >= 0.6 is 35.0 Å². The Morgan fingerprint density at radius 1 is 1.28 bits per heavy atom. The number of pyridine rings is 1. The second-order valence-electron chi connectivity index (χ2n) is 4.87. The molecule has 0 fully saturated rings. The van der Waals surface area contributed by atoms with E-state index in [-0.39, 0.29) is 27.9 Å². The lowest BCUT2D eigenvalue weighted by Crippen LogP contribution is -2.23. The number of aromatic nitrogens is 1. The summed E-state index contributed by atoms with van der Waals surface area (Å²) < 4.78 is 0. The average Bonchev–Trinajstić information content (AvgIpc) is 2.58. The van der Waals surface area contributed by atoms with Crippen LogP contribution in [-0.2, 0) is 4.79 Å². The van der Waals surface area contributed by atoms with Crippen molar-refractivity contribution in [3.63, 3.8) is 0 Å². The Morgan fingerprint density at radius 3 is 2.60 bits per heavy atom.